The van der Waals surface area contributed by atoms with E-state index in [9.17, 15) is 0 Å². The summed E-state index contributed by atoms with van der Waals surface area (Å²) in [5.74, 6) is 0. The predicted molar refractivity (Wildman–Crippen MR) is 75.4 cm³/mol. The van der Waals surface area contributed by atoms with Crippen LogP contribution in [0.25, 0.3) is 10.8 Å². The van der Waals surface area contributed by atoms with Gasteiger partial charge in [0, 0.05) is 22.7 Å². The summed E-state index contributed by atoms with van der Waals surface area (Å²) < 4.78 is 0. The van der Waals surface area contributed by atoms with Gasteiger partial charge in [0.15, 0.2) is 10.3 Å². The van der Waals surface area contributed by atoms with Crippen molar-refractivity contribution in [3.63, 3.8) is 0 Å². The van der Waals surface area contributed by atoms with Gasteiger partial charge in [-0.2, -0.15) is 0 Å². The maximum Gasteiger partial charge on any atom is 0.194 e. The maximum absolute atomic E-state index is 6.04. The van der Waals surface area contributed by atoms with E-state index in [1.807, 2.05) is 37.3 Å². The van der Waals surface area contributed by atoms with Crippen LogP contribution in [0.3, 0.4) is 0 Å². The molecule has 0 radical (unpaired) electrons. The molecule has 1 aromatic carbocycles. The number of hydrogen-bond acceptors (Lipinski definition) is 5. The minimum absolute atomic E-state index is 0.408. The summed E-state index contributed by atoms with van der Waals surface area (Å²) in [6.07, 6.45) is 1.73. The first-order valence-electron chi connectivity index (χ1n) is 5.62. The standard InChI is InChI=1S/C13H9ClN4S/c1-8-6-7-15-13(16-8)19-12-10-5-3-2-4-9(10)11(14)17-18-12/h2-7H,1H3. The third kappa shape index (κ3) is 2.52. The number of rotatable bonds is 2. The lowest BCUT2D eigenvalue weighted by atomic mass is 10.2. The quantitative estimate of drug-likeness (QED) is 0.675. The summed E-state index contributed by atoms with van der Waals surface area (Å²) in [6.45, 7) is 1.93. The topological polar surface area (TPSA) is 51.6 Å². The van der Waals surface area contributed by atoms with Crippen LogP contribution in [0, 0.1) is 6.92 Å². The summed E-state index contributed by atoms with van der Waals surface area (Å²) >= 11 is 7.43. The molecule has 94 valence electrons. The van der Waals surface area contributed by atoms with Gasteiger partial charge in [0.05, 0.1) is 0 Å². The average molecular weight is 289 g/mol. The Morgan fingerprint density at radius 2 is 1.84 bits per heavy atom. The van der Waals surface area contributed by atoms with Crippen molar-refractivity contribution in [2.45, 2.75) is 17.1 Å². The van der Waals surface area contributed by atoms with Gasteiger partial charge in [-0.1, -0.05) is 35.9 Å². The van der Waals surface area contributed by atoms with Gasteiger partial charge in [0.1, 0.15) is 5.03 Å². The minimum atomic E-state index is 0.408. The normalized spacial score (nSPS) is 10.8. The molecule has 3 aromatic rings. The van der Waals surface area contributed by atoms with E-state index in [4.69, 9.17) is 11.6 Å². The zero-order valence-corrected chi connectivity index (χ0v) is 11.6. The third-order valence-electron chi connectivity index (χ3n) is 2.57. The first kappa shape index (κ1) is 12.3. The van der Waals surface area contributed by atoms with E-state index in [2.05, 4.69) is 20.2 Å². The van der Waals surface area contributed by atoms with Crippen LogP contribution >= 0.6 is 23.4 Å². The zero-order chi connectivity index (χ0) is 13.2. The fourth-order valence-electron chi connectivity index (χ4n) is 1.68. The number of fused-ring (bicyclic) bond motifs is 1. The number of benzene rings is 1. The van der Waals surface area contributed by atoms with Crippen molar-refractivity contribution >= 4 is 34.1 Å². The lowest BCUT2D eigenvalue weighted by Crippen LogP contribution is -1.92. The molecule has 0 unspecified atom stereocenters. The fraction of sp³-hybridized carbons (Fsp3) is 0.0769. The average Bonchev–Trinajstić information content (AvgIpc) is 2.42. The first-order valence-corrected chi connectivity index (χ1v) is 6.82. The van der Waals surface area contributed by atoms with Crippen molar-refractivity contribution in [3.05, 3.63) is 47.4 Å². The second-order valence-corrected chi connectivity index (χ2v) is 5.24. The molecule has 3 rings (SSSR count). The van der Waals surface area contributed by atoms with Gasteiger partial charge in [0.2, 0.25) is 0 Å². The molecule has 0 bridgehead atoms. The van der Waals surface area contributed by atoms with Crippen molar-refractivity contribution < 1.29 is 0 Å². The highest BCUT2D eigenvalue weighted by atomic mass is 35.5. The molecule has 0 N–H and O–H groups in total. The molecule has 0 spiro atoms. The lowest BCUT2D eigenvalue weighted by Gasteiger charge is -2.04. The number of aryl methyl sites for hydroxylation is 1. The molecule has 0 aliphatic heterocycles. The Labute approximate surface area is 119 Å². The maximum atomic E-state index is 6.04. The Morgan fingerprint density at radius 1 is 1.05 bits per heavy atom. The molecule has 0 saturated heterocycles. The van der Waals surface area contributed by atoms with E-state index >= 15 is 0 Å². The van der Waals surface area contributed by atoms with Crippen LogP contribution in [-0.2, 0) is 0 Å². The van der Waals surface area contributed by atoms with Gasteiger partial charge in [0.25, 0.3) is 0 Å². The molecule has 2 aromatic heterocycles. The van der Waals surface area contributed by atoms with Gasteiger partial charge in [-0.3, -0.25) is 0 Å². The summed E-state index contributed by atoms with van der Waals surface area (Å²) in [6, 6.07) is 9.62. The highest BCUT2D eigenvalue weighted by Crippen LogP contribution is 2.31. The molecule has 0 aliphatic carbocycles. The molecule has 0 atom stereocenters. The molecule has 0 aliphatic rings. The zero-order valence-electron chi connectivity index (χ0n) is 10.0. The van der Waals surface area contributed by atoms with E-state index in [1.165, 1.54) is 11.8 Å². The highest BCUT2D eigenvalue weighted by Gasteiger charge is 2.10. The molecule has 0 saturated carbocycles. The molecular formula is C13H9ClN4S. The fourth-order valence-corrected chi connectivity index (χ4v) is 2.73. The van der Waals surface area contributed by atoms with Gasteiger partial charge in [-0.15, -0.1) is 10.2 Å². The molecular weight excluding hydrogens is 280 g/mol. The molecule has 19 heavy (non-hydrogen) atoms. The van der Waals surface area contributed by atoms with Crippen molar-refractivity contribution in [3.8, 4) is 0 Å². The summed E-state index contributed by atoms with van der Waals surface area (Å²) in [4.78, 5) is 8.56. The SMILES string of the molecule is Cc1ccnc(Sc2nnc(Cl)c3ccccc23)n1. The van der Waals surface area contributed by atoms with Crippen LogP contribution in [0.1, 0.15) is 5.69 Å². The number of hydrogen-bond donors (Lipinski definition) is 0. The summed E-state index contributed by atoms with van der Waals surface area (Å²) in [7, 11) is 0. The van der Waals surface area contributed by atoms with Crippen molar-refractivity contribution in [2.75, 3.05) is 0 Å². The van der Waals surface area contributed by atoms with Gasteiger partial charge in [-0.05, 0) is 24.8 Å². The van der Waals surface area contributed by atoms with E-state index in [1.54, 1.807) is 6.20 Å². The van der Waals surface area contributed by atoms with E-state index in [0.29, 0.717) is 10.3 Å². The molecule has 0 fully saturated rings. The first-order chi connectivity index (χ1) is 9.24. The minimum Gasteiger partial charge on any atom is -0.231 e. The second-order valence-electron chi connectivity index (χ2n) is 3.92. The van der Waals surface area contributed by atoms with E-state index in [0.717, 1.165) is 21.5 Å². The van der Waals surface area contributed by atoms with Gasteiger partial charge < -0.3 is 0 Å². The van der Waals surface area contributed by atoms with Crippen LogP contribution in [0.4, 0.5) is 0 Å². The van der Waals surface area contributed by atoms with E-state index < -0.39 is 0 Å². The lowest BCUT2D eigenvalue weighted by molar-refractivity contribution is 0.913. The Balaban J connectivity index is 2.09. The second kappa shape index (κ2) is 5.11. The molecule has 6 heteroatoms. The van der Waals surface area contributed by atoms with Crippen molar-refractivity contribution in [1.82, 2.24) is 20.2 Å². The molecule has 2 heterocycles. The van der Waals surface area contributed by atoms with Crippen LogP contribution in [-0.4, -0.2) is 20.2 Å². The van der Waals surface area contributed by atoms with Crippen LogP contribution < -0.4 is 0 Å². The number of halogens is 1. The predicted octanol–water partition coefficient (Wildman–Crippen LogP) is 3.53. The monoisotopic (exact) mass is 288 g/mol. The van der Waals surface area contributed by atoms with E-state index in [-0.39, 0.29) is 0 Å². The van der Waals surface area contributed by atoms with Gasteiger partial charge >= 0.3 is 0 Å². The smallest absolute Gasteiger partial charge is 0.194 e. The third-order valence-corrected chi connectivity index (χ3v) is 3.72. The Kier molecular flexibility index (Phi) is 3.31. The summed E-state index contributed by atoms with van der Waals surface area (Å²) in [5, 5.41) is 11.8. The Hall–Kier alpha value is -1.72. The molecule has 4 nitrogen and oxygen atoms in total. The van der Waals surface area contributed by atoms with Gasteiger partial charge in [-0.25, -0.2) is 9.97 Å². The van der Waals surface area contributed by atoms with Crippen molar-refractivity contribution in [1.29, 1.82) is 0 Å². The van der Waals surface area contributed by atoms with Crippen LogP contribution in [0.2, 0.25) is 5.15 Å². The number of nitrogens with zero attached hydrogens (tertiary/aromatic N) is 4. The Morgan fingerprint density at radius 3 is 2.63 bits per heavy atom. The molecule has 0 amide bonds. The van der Waals surface area contributed by atoms with Crippen molar-refractivity contribution in [2.24, 2.45) is 0 Å². The number of aromatic nitrogens is 4. The van der Waals surface area contributed by atoms with Crippen LogP contribution in [0.15, 0.2) is 46.7 Å². The summed E-state index contributed by atoms with van der Waals surface area (Å²) in [5.41, 5.74) is 0.920. The highest BCUT2D eigenvalue weighted by molar-refractivity contribution is 7.99. The van der Waals surface area contributed by atoms with Crippen LogP contribution in [0.5, 0.6) is 0 Å². The largest absolute Gasteiger partial charge is 0.231 e. The Bertz CT molecular complexity index is 748.